The number of carbonyl (C=O) groups excluding carboxylic acids is 2. The summed E-state index contributed by atoms with van der Waals surface area (Å²) in [4.78, 5) is 23.2. The molecule has 0 unspecified atom stereocenters. The van der Waals surface area contributed by atoms with Crippen LogP contribution in [-0.4, -0.2) is 22.0 Å². The molecule has 2 N–H and O–H groups in total. The van der Waals surface area contributed by atoms with Crippen molar-refractivity contribution in [2.45, 2.75) is 20.0 Å². The summed E-state index contributed by atoms with van der Waals surface area (Å²) < 4.78 is 5.07. The number of aromatic nitrogens is 2. The lowest BCUT2D eigenvalue weighted by Crippen LogP contribution is -2.39. The Balaban J connectivity index is 1.80. The Morgan fingerprint density at radius 3 is 2.43 bits per heavy atom. The van der Waals surface area contributed by atoms with Gasteiger partial charge in [0, 0.05) is 18.5 Å². The number of halogens is 1. The van der Waals surface area contributed by atoms with E-state index < -0.39 is 11.8 Å². The zero-order valence-corrected chi connectivity index (χ0v) is 12.0. The highest BCUT2D eigenvalue weighted by Gasteiger charge is 2.14. The van der Waals surface area contributed by atoms with Crippen molar-refractivity contribution in [3.8, 4) is 0 Å². The van der Waals surface area contributed by atoms with E-state index in [1.807, 2.05) is 0 Å². The van der Waals surface area contributed by atoms with Crippen LogP contribution in [0.4, 0.5) is 0 Å². The number of nitrogens with zero attached hydrogens (tertiary/aromatic N) is 2. The average Bonchev–Trinajstić information content (AvgIpc) is 2.89. The molecule has 0 saturated carbocycles. The van der Waals surface area contributed by atoms with Crippen LogP contribution in [0.25, 0.3) is 0 Å². The number of hydrogen-bond acceptors (Lipinski definition) is 5. The summed E-state index contributed by atoms with van der Waals surface area (Å²) in [5.74, 6) is -0.911. The Morgan fingerprint density at radius 2 is 1.81 bits per heavy atom. The first-order chi connectivity index (χ1) is 10.1. The van der Waals surface area contributed by atoms with E-state index in [2.05, 4.69) is 20.8 Å². The van der Waals surface area contributed by atoms with E-state index in [1.54, 1.807) is 31.2 Å². The molecule has 0 bridgehead atoms. The average molecular weight is 309 g/mol. The molecule has 8 heteroatoms. The maximum Gasteiger partial charge on any atom is 0.309 e. The first kappa shape index (κ1) is 15.0. The Morgan fingerprint density at radius 1 is 1.14 bits per heavy atom. The second kappa shape index (κ2) is 6.85. The molecule has 2 amide bonds. The summed E-state index contributed by atoms with van der Waals surface area (Å²) in [6, 6.07) is 7.06. The van der Waals surface area contributed by atoms with Crippen molar-refractivity contribution in [1.82, 2.24) is 20.8 Å². The van der Waals surface area contributed by atoms with Crippen molar-refractivity contribution >= 4 is 23.4 Å². The molecular formula is C13H13ClN4O3. The second-order valence-electron chi connectivity index (χ2n) is 4.17. The minimum absolute atomic E-state index is 0.000807. The normalized spacial score (nSPS) is 10.2. The summed E-state index contributed by atoms with van der Waals surface area (Å²) in [6.45, 7) is 1.80. The largest absolute Gasteiger partial charge is 0.424 e. The van der Waals surface area contributed by atoms with Gasteiger partial charge in [-0.05, 0) is 11.6 Å². The molecule has 0 spiro atoms. The van der Waals surface area contributed by atoms with E-state index in [1.165, 1.54) is 0 Å². The summed E-state index contributed by atoms with van der Waals surface area (Å²) in [6.07, 6.45) is 0. The van der Waals surface area contributed by atoms with Crippen LogP contribution in [0.5, 0.6) is 0 Å². The monoisotopic (exact) mass is 308 g/mol. The highest BCUT2D eigenvalue weighted by atomic mass is 35.5. The van der Waals surface area contributed by atoms with E-state index in [-0.39, 0.29) is 19.0 Å². The van der Waals surface area contributed by atoms with Gasteiger partial charge in [0.05, 0.1) is 6.54 Å². The van der Waals surface area contributed by atoms with Gasteiger partial charge in [-0.25, -0.2) is 0 Å². The third-order valence-corrected chi connectivity index (χ3v) is 2.94. The molecular weight excluding hydrogens is 296 g/mol. The fourth-order valence-electron chi connectivity index (χ4n) is 1.54. The van der Waals surface area contributed by atoms with Crippen molar-refractivity contribution in [2.75, 3.05) is 0 Å². The first-order valence-corrected chi connectivity index (χ1v) is 6.52. The van der Waals surface area contributed by atoms with Gasteiger partial charge in [0.15, 0.2) is 0 Å². The zero-order valence-electron chi connectivity index (χ0n) is 11.2. The minimum atomic E-state index is -0.780. The van der Waals surface area contributed by atoms with Gasteiger partial charge in [-0.1, -0.05) is 29.8 Å². The van der Waals surface area contributed by atoms with Gasteiger partial charge in [0.1, 0.15) is 0 Å². The van der Waals surface area contributed by atoms with Crippen molar-refractivity contribution in [1.29, 1.82) is 0 Å². The third-order valence-electron chi connectivity index (χ3n) is 2.57. The van der Waals surface area contributed by atoms with Crippen LogP contribution in [0.2, 0.25) is 5.02 Å². The van der Waals surface area contributed by atoms with E-state index >= 15 is 0 Å². The van der Waals surface area contributed by atoms with Gasteiger partial charge < -0.3 is 15.1 Å². The minimum Gasteiger partial charge on any atom is -0.424 e. The van der Waals surface area contributed by atoms with E-state index in [4.69, 9.17) is 16.0 Å². The molecule has 1 aromatic heterocycles. The standard InChI is InChI=1S/C13H13ClN4O3/c1-8-17-18-11(21-8)7-16-13(20)12(19)15-6-9-4-2-3-5-10(9)14/h2-5H,6-7H2,1H3,(H,15,19)(H,16,20). The Hall–Kier alpha value is -2.41. The maximum atomic E-state index is 11.6. The summed E-state index contributed by atoms with van der Waals surface area (Å²) >= 11 is 5.95. The van der Waals surface area contributed by atoms with Gasteiger partial charge in [-0.3, -0.25) is 9.59 Å². The van der Waals surface area contributed by atoms with E-state index in [0.717, 1.165) is 5.56 Å². The van der Waals surface area contributed by atoms with Crippen LogP contribution in [0.3, 0.4) is 0 Å². The van der Waals surface area contributed by atoms with Gasteiger partial charge >= 0.3 is 11.8 Å². The number of benzene rings is 1. The molecule has 0 radical (unpaired) electrons. The molecule has 0 atom stereocenters. The van der Waals surface area contributed by atoms with Gasteiger partial charge in [0.2, 0.25) is 11.8 Å². The van der Waals surface area contributed by atoms with Crippen LogP contribution in [-0.2, 0) is 22.7 Å². The molecule has 0 saturated heterocycles. The lowest BCUT2D eigenvalue weighted by atomic mass is 10.2. The molecule has 1 heterocycles. The lowest BCUT2D eigenvalue weighted by molar-refractivity contribution is -0.139. The number of carbonyl (C=O) groups is 2. The summed E-state index contributed by atoms with van der Waals surface area (Å²) in [5.41, 5.74) is 0.729. The molecule has 110 valence electrons. The van der Waals surface area contributed by atoms with Crippen molar-refractivity contribution < 1.29 is 14.0 Å². The maximum absolute atomic E-state index is 11.6. The van der Waals surface area contributed by atoms with Gasteiger partial charge in [-0.2, -0.15) is 0 Å². The third kappa shape index (κ3) is 4.28. The number of rotatable bonds is 4. The Labute approximate surface area is 125 Å². The van der Waals surface area contributed by atoms with E-state index in [9.17, 15) is 9.59 Å². The van der Waals surface area contributed by atoms with Gasteiger partial charge in [-0.15, -0.1) is 10.2 Å². The lowest BCUT2D eigenvalue weighted by Gasteiger charge is -2.06. The zero-order chi connectivity index (χ0) is 15.2. The number of amides is 2. The van der Waals surface area contributed by atoms with Crippen molar-refractivity contribution in [3.63, 3.8) is 0 Å². The molecule has 0 aliphatic heterocycles. The first-order valence-electron chi connectivity index (χ1n) is 6.14. The fourth-order valence-corrected chi connectivity index (χ4v) is 1.75. The number of hydrogen-bond donors (Lipinski definition) is 2. The molecule has 1 aromatic carbocycles. The summed E-state index contributed by atoms with van der Waals surface area (Å²) in [5, 5.41) is 12.7. The molecule has 2 rings (SSSR count). The number of aryl methyl sites for hydroxylation is 1. The SMILES string of the molecule is Cc1nnc(CNC(=O)C(=O)NCc2ccccc2Cl)o1. The predicted octanol–water partition coefficient (Wildman–Crippen LogP) is 0.964. The molecule has 0 fully saturated rings. The smallest absolute Gasteiger partial charge is 0.309 e. The van der Waals surface area contributed by atoms with Crippen LogP contribution in [0.15, 0.2) is 28.7 Å². The van der Waals surface area contributed by atoms with Crippen LogP contribution < -0.4 is 10.6 Å². The highest BCUT2D eigenvalue weighted by molar-refractivity contribution is 6.35. The number of nitrogens with one attached hydrogen (secondary N) is 2. The molecule has 0 aliphatic carbocycles. The molecule has 0 aliphatic rings. The van der Waals surface area contributed by atoms with Gasteiger partial charge in [0.25, 0.3) is 0 Å². The highest BCUT2D eigenvalue weighted by Crippen LogP contribution is 2.14. The molecule has 2 aromatic rings. The van der Waals surface area contributed by atoms with Crippen LogP contribution in [0.1, 0.15) is 17.3 Å². The predicted molar refractivity (Wildman–Crippen MR) is 74.2 cm³/mol. The van der Waals surface area contributed by atoms with Crippen molar-refractivity contribution in [2.24, 2.45) is 0 Å². The molecule has 7 nitrogen and oxygen atoms in total. The van der Waals surface area contributed by atoms with Crippen LogP contribution in [0, 0.1) is 6.92 Å². The Kier molecular flexibility index (Phi) is 4.89. The van der Waals surface area contributed by atoms with Crippen molar-refractivity contribution in [3.05, 3.63) is 46.6 Å². The molecule has 21 heavy (non-hydrogen) atoms. The van der Waals surface area contributed by atoms with Crippen LogP contribution >= 0.6 is 11.6 Å². The van der Waals surface area contributed by atoms with E-state index in [0.29, 0.717) is 10.9 Å². The summed E-state index contributed by atoms with van der Waals surface area (Å²) in [7, 11) is 0. The fraction of sp³-hybridized carbons (Fsp3) is 0.231. The second-order valence-corrected chi connectivity index (χ2v) is 4.58. The Bertz CT molecular complexity index is 656. The topological polar surface area (TPSA) is 97.1 Å². The quantitative estimate of drug-likeness (QED) is 0.820.